The molecule has 0 saturated carbocycles. The summed E-state index contributed by atoms with van der Waals surface area (Å²) in [6, 6.07) is 6.99. The van der Waals surface area contributed by atoms with Crippen LogP contribution in [-0.4, -0.2) is 30.2 Å². The van der Waals surface area contributed by atoms with E-state index in [0.29, 0.717) is 23.7 Å². The lowest BCUT2D eigenvalue weighted by Crippen LogP contribution is -2.35. The summed E-state index contributed by atoms with van der Waals surface area (Å²) in [6.45, 7) is 6.78. The van der Waals surface area contributed by atoms with E-state index in [1.54, 1.807) is 24.3 Å². The SMILES string of the molecule is CC(C)(C)CC(O)CNCC(=O)Nc1cccc(Cl)c1. The predicted octanol–water partition coefficient (Wildman–Crippen LogP) is 2.67. The van der Waals surface area contributed by atoms with E-state index in [-0.39, 0.29) is 17.9 Å². The summed E-state index contributed by atoms with van der Waals surface area (Å²) in [5.41, 5.74) is 0.740. The molecule has 0 aliphatic carbocycles. The zero-order valence-corrected chi connectivity index (χ0v) is 13.0. The Morgan fingerprint density at radius 3 is 2.70 bits per heavy atom. The first kappa shape index (κ1) is 17.0. The first-order valence-corrected chi connectivity index (χ1v) is 7.08. The van der Waals surface area contributed by atoms with Crippen LogP contribution in [0.1, 0.15) is 27.2 Å². The van der Waals surface area contributed by atoms with Gasteiger partial charge in [0.05, 0.1) is 12.6 Å². The quantitative estimate of drug-likeness (QED) is 0.757. The molecular formula is C15H23ClN2O2. The molecule has 1 rings (SSSR count). The van der Waals surface area contributed by atoms with Crippen LogP contribution in [0.4, 0.5) is 5.69 Å². The maximum atomic E-state index is 11.7. The number of carbonyl (C=O) groups excluding carboxylic acids is 1. The lowest BCUT2D eigenvalue weighted by atomic mass is 9.89. The minimum atomic E-state index is -0.450. The summed E-state index contributed by atoms with van der Waals surface area (Å²) >= 11 is 5.84. The van der Waals surface area contributed by atoms with Gasteiger partial charge in [-0.1, -0.05) is 38.4 Å². The van der Waals surface area contributed by atoms with E-state index < -0.39 is 6.10 Å². The summed E-state index contributed by atoms with van der Waals surface area (Å²) in [7, 11) is 0. The van der Waals surface area contributed by atoms with E-state index in [9.17, 15) is 9.90 Å². The van der Waals surface area contributed by atoms with Crippen molar-refractivity contribution in [2.45, 2.75) is 33.3 Å². The summed E-state index contributed by atoms with van der Waals surface area (Å²) in [4.78, 5) is 11.7. The molecule has 5 heteroatoms. The van der Waals surface area contributed by atoms with Gasteiger partial charge in [0.2, 0.25) is 5.91 Å². The van der Waals surface area contributed by atoms with E-state index in [1.807, 2.05) is 0 Å². The molecule has 0 heterocycles. The Bertz CT molecular complexity index is 444. The molecule has 0 spiro atoms. The third-order valence-electron chi connectivity index (χ3n) is 2.62. The molecule has 1 aromatic rings. The van der Waals surface area contributed by atoms with Crippen molar-refractivity contribution in [2.24, 2.45) is 5.41 Å². The Morgan fingerprint density at radius 2 is 2.10 bits per heavy atom. The number of amides is 1. The number of anilines is 1. The minimum Gasteiger partial charge on any atom is -0.392 e. The largest absolute Gasteiger partial charge is 0.392 e. The van der Waals surface area contributed by atoms with Crippen molar-refractivity contribution < 1.29 is 9.90 Å². The van der Waals surface area contributed by atoms with Gasteiger partial charge in [0.15, 0.2) is 0 Å². The summed E-state index contributed by atoms with van der Waals surface area (Å²) in [6.07, 6.45) is 0.240. The number of aliphatic hydroxyl groups is 1. The van der Waals surface area contributed by atoms with Crippen LogP contribution in [0.3, 0.4) is 0 Å². The second-order valence-corrected chi connectivity index (χ2v) is 6.54. The Kier molecular flexibility index (Phi) is 6.46. The summed E-state index contributed by atoms with van der Waals surface area (Å²) < 4.78 is 0. The van der Waals surface area contributed by atoms with E-state index in [0.717, 1.165) is 0 Å². The summed E-state index contributed by atoms with van der Waals surface area (Å²) in [5.74, 6) is -0.157. The maximum absolute atomic E-state index is 11.7. The smallest absolute Gasteiger partial charge is 0.238 e. The highest BCUT2D eigenvalue weighted by Crippen LogP contribution is 2.20. The number of nitrogens with one attached hydrogen (secondary N) is 2. The zero-order chi connectivity index (χ0) is 15.2. The second-order valence-electron chi connectivity index (χ2n) is 6.11. The number of benzene rings is 1. The van der Waals surface area contributed by atoms with E-state index in [2.05, 4.69) is 31.4 Å². The monoisotopic (exact) mass is 298 g/mol. The molecule has 112 valence electrons. The molecule has 0 aliphatic heterocycles. The van der Waals surface area contributed by atoms with Crippen molar-refractivity contribution in [2.75, 3.05) is 18.4 Å². The van der Waals surface area contributed by atoms with Crippen molar-refractivity contribution in [1.29, 1.82) is 0 Å². The number of aliphatic hydroxyl groups excluding tert-OH is 1. The molecular weight excluding hydrogens is 276 g/mol. The van der Waals surface area contributed by atoms with Crippen LogP contribution >= 0.6 is 11.6 Å². The van der Waals surface area contributed by atoms with Crippen molar-refractivity contribution in [3.05, 3.63) is 29.3 Å². The molecule has 0 fully saturated rings. The zero-order valence-electron chi connectivity index (χ0n) is 12.2. The van der Waals surface area contributed by atoms with Crippen LogP contribution in [0.15, 0.2) is 24.3 Å². The number of hydrogen-bond acceptors (Lipinski definition) is 3. The molecule has 4 nitrogen and oxygen atoms in total. The molecule has 1 amide bonds. The van der Waals surface area contributed by atoms with Crippen LogP contribution in [0, 0.1) is 5.41 Å². The third kappa shape index (κ3) is 7.48. The number of halogens is 1. The molecule has 1 aromatic carbocycles. The van der Waals surface area contributed by atoms with Crippen molar-refractivity contribution in [3.63, 3.8) is 0 Å². The highest BCUT2D eigenvalue weighted by molar-refractivity contribution is 6.30. The van der Waals surface area contributed by atoms with Gasteiger partial charge in [0.1, 0.15) is 0 Å². The Balaban J connectivity index is 2.27. The Morgan fingerprint density at radius 1 is 1.40 bits per heavy atom. The topological polar surface area (TPSA) is 61.4 Å². The average molecular weight is 299 g/mol. The van der Waals surface area contributed by atoms with Gasteiger partial charge < -0.3 is 15.7 Å². The molecule has 0 bridgehead atoms. The highest BCUT2D eigenvalue weighted by Gasteiger charge is 2.16. The van der Waals surface area contributed by atoms with E-state index in [4.69, 9.17) is 11.6 Å². The van der Waals surface area contributed by atoms with Gasteiger partial charge in [0.25, 0.3) is 0 Å². The molecule has 0 saturated heterocycles. The molecule has 0 aromatic heterocycles. The molecule has 1 unspecified atom stereocenters. The Hall–Kier alpha value is -1.10. The third-order valence-corrected chi connectivity index (χ3v) is 2.86. The fraction of sp³-hybridized carbons (Fsp3) is 0.533. The molecule has 0 radical (unpaired) electrons. The van der Waals surface area contributed by atoms with Gasteiger partial charge >= 0.3 is 0 Å². The maximum Gasteiger partial charge on any atom is 0.238 e. The van der Waals surface area contributed by atoms with Gasteiger partial charge in [-0.05, 0) is 30.0 Å². The fourth-order valence-corrected chi connectivity index (χ4v) is 2.09. The standard InChI is InChI=1S/C15H23ClN2O2/c1-15(2,3)8-13(19)9-17-10-14(20)18-12-6-4-5-11(16)7-12/h4-7,13,17,19H,8-10H2,1-3H3,(H,18,20). The average Bonchev–Trinajstić information content (AvgIpc) is 2.26. The van der Waals surface area contributed by atoms with Crippen LogP contribution < -0.4 is 10.6 Å². The minimum absolute atomic E-state index is 0.0736. The molecule has 3 N–H and O–H groups in total. The van der Waals surface area contributed by atoms with Gasteiger partial charge in [-0.3, -0.25) is 4.79 Å². The predicted molar refractivity (Wildman–Crippen MR) is 83.0 cm³/mol. The highest BCUT2D eigenvalue weighted by atomic mass is 35.5. The van der Waals surface area contributed by atoms with E-state index in [1.165, 1.54) is 0 Å². The summed E-state index contributed by atoms with van der Waals surface area (Å²) in [5, 5.41) is 16.1. The first-order valence-electron chi connectivity index (χ1n) is 6.70. The normalized spacial score (nSPS) is 13.1. The van der Waals surface area contributed by atoms with E-state index >= 15 is 0 Å². The van der Waals surface area contributed by atoms with Crippen molar-refractivity contribution in [1.82, 2.24) is 5.32 Å². The van der Waals surface area contributed by atoms with Gasteiger partial charge in [0, 0.05) is 17.3 Å². The number of carbonyl (C=O) groups is 1. The lowest BCUT2D eigenvalue weighted by molar-refractivity contribution is -0.115. The van der Waals surface area contributed by atoms with Crippen LogP contribution in [0.25, 0.3) is 0 Å². The van der Waals surface area contributed by atoms with Crippen LogP contribution in [0.2, 0.25) is 5.02 Å². The number of rotatable bonds is 6. The Labute approximate surface area is 125 Å². The fourth-order valence-electron chi connectivity index (χ4n) is 1.90. The van der Waals surface area contributed by atoms with Gasteiger partial charge in [-0.2, -0.15) is 0 Å². The molecule has 1 atom stereocenters. The first-order chi connectivity index (χ1) is 9.26. The van der Waals surface area contributed by atoms with Gasteiger partial charge in [-0.15, -0.1) is 0 Å². The number of hydrogen-bond donors (Lipinski definition) is 3. The van der Waals surface area contributed by atoms with Crippen molar-refractivity contribution >= 4 is 23.2 Å². The van der Waals surface area contributed by atoms with Crippen LogP contribution in [0.5, 0.6) is 0 Å². The molecule has 0 aliphatic rings. The van der Waals surface area contributed by atoms with Gasteiger partial charge in [-0.25, -0.2) is 0 Å². The van der Waals surface area contributed by atoms with Crippen molar-refractivity contribution in [3.8, 4) is 0 Å². The second kappa shape index (κ2) is 7.62. The lowest BCUT2D eigenvalue weighted by Gasteiger charge is -2.22. The molecule has 20 heavy (non-hydrogen) atoms. The van der Waals surface area contributed by atoms with Crippen LogP contribution in [-0.2, 0) is 4.79 Å².